The molecule has 0 radical (unpaired) electrons. The molecule has 0 atom stereocenters. The predicted molar refractivity (Wildman–Crippen MR) is 75.2 cm³/mol. The summed E-state index contributed by atoms with van der Waals surface area (Å²) < 4.78 is 14.0. The second kappa shape index (κ2) is 5.92. The highest BCUT2D eigenvalue weighted by molar-refractivity contribution is 9.10. The molecule has 0 N–H and O–H groups in total. The number of carbonyl (C=O) groups excluding carboxylic acids is 1. The molecule has 2 rings (SSSR count). The fourth-order valence-corrected chi connectivity index (χ4v) is 2.27. The van der Waals surface area contributed by atoms with Gasteiger partial charge < -0.3 is 0 Å². The van der Waals surface area contributed by atoms with Crippen LogP contribution in [-0.4, -0.2) is 10.7 Å². The van der Waals surface area contributed by atoms with Crippen molar-refractivity contribution >= 4 is 27.4 Å². The van der Waals surface area contributed by atoms with Gasteiger partial charge in [0.25, 0.3) is 5.69 Å². The second-order valence-corrected chi connectivity index (χ2v) is 5.06. The molecule has 0 aromatic heterocycles. The lowest BCUT2D eigenvalue weighted by atomic mass is 10.0. The summed E-state index contributed by atoms with van der Waals surface area (Å²) in [6, 6.07) is 9.90. The fraction of sp³-hybridized carbons (Fsp3) is 0.0714. The van der Waals surface area contributed by atoms with Crippen LogP contribution in [0.5, 0.6) is 0 Å². The van der Waals surface area contributed by atoms with Crippen LogP contribution >= 0.6 is 15.9 Å². The van der Waals surface area contributed by atoms with Gasteiger partial charge in [0.2, 0.25) is 0 Å². The monoisotopic (exact) mass is 337 g/mol. The minimum atomic E-state index is -0.687. The van der Waals surface area contributed by atoms with Gasteiger partial charge in [-0.2, -0.15) is 0 Å². The van der Waals surface area contributed by atoms with E-state index in [1.54, 1.807) is 24.3 Å². The largest absolute Gasteiger partial charge is 0.294 e. The Hall–Kier alpha value is -2.08. The first-order chi connectivity index (χ1) is 9.47. The number of Topliss-reactive ketones (excluding diaryl/α,β-unsaturated/α-hetero) is 1. The third kappa shape index (κ3) is 3.27. The van der Waals surface area contributed by atoms with Crippen LogP contribution in [0, 0.1) is 15.9 Å². The molecular formula is C14H9BrFNO3. The molecule has 102 valence electrons. The molecule has 0 bridgehead atoms. The molecule has 6 heteroatoms. The van der Waals surface area contributed by atoms with Gasteiger partial charge in [-0.15, -0.1) is 0 Å². The molecule has 4 nitrogen and oxygen atoms in total. The molecule has 0 amide bonds. The van der Waals surface area contributed by atoms with Crippen molar-refractivity contribution in [2.45, 2.75) is 6.42 Å². The maximum atomic E-state index is 13.2. The number of nitro benzene ring substituents is 1. The Balaban J connectivity index is 2.34. The number of nitrogens with zero attached hydrogens (tertiary/aromatic N) is 1. The molecule has 0 heterocycles. The molecule has 0 fully saturated rings. The molecule has 0 aliphatic rings. The van der Waals surface area contributed by atoms with E-state index in [2.05, 4.69) is 15.9 Å². The van der Waals surface area contributed by atoms with Crippen LogP contribution in [0.2, 0.25) is 0 Å². The van der Waals surface area contributed by atoms with E-state index < -0.39 is 16.5 Å². The Labute approximate surface area is 122 Å². The number of benzene rings is 2. The summed E-state index contributed by atoms with van der Waals surface area (Å²) >= 11 is 3.28. The number of nitro groups is 1. The Morgan fingerprint density at radius 1 is 1.25 bits per heavy atom. The summed E-state index contributed by atoms with van der Waals surface area (Å²) in [6.07, 6.45) is -0.0241. The quantitative estimate of drug-likeness (QED) is 0.482. The van der Waals surface area contributed by atoms with Gasteiger partial charge in [-0.05, 0) is 29.8 Å². The van der Waals surface area contributed by atoms with Gasteiger partial charge in [-0.25, -0.2) is 4.39 Å². The average molecular weight is 338 g/mol. The van der Waals surface area contributed by atoms with E-state index >= 15 is 0 Å². The Bertz CT molecular complexity index is 688. The van der Waals surface area contributed by atoms with E-state index in [1.807, 2.05) is 0 Å². The maximum absolute atomic E-state index is 13.2. The zero-order chi connectivity index (χ0) is 14.7. The number of hydrogen-bond acceptors (Lipinski definition) is 3. The van der Waals surface area contributed by atoms with Crippen LogP contribution in [0.3, 0.4) is 0 Å². The molecule has 0 saturated carbocycles. The third-order valence-corrected chi connectivity index (χ3v) is 3.20. The molecule has 0 aliphatic heterocycles. The van der Waals surface area contributed by atoms with E-state index in [0.717, 1.165) is 22.7 Å². The number of halogens is 2. The second-order valence-electron chi connectivity index (χ2n) is 4.15. The normalized spacial score (nSPS) is 10.3. The Morgan fingerprint density at radius 2 is 2.00 bits per heavy atom. The Morgan fingerprint density at radius 3 is 2.65 bits per heavy atom. The molecule has 2 aromatic carbocycles. The number of hydrogen-bond donors (Lipinski definition) is 0. The standard InChI is InChI=1S/C14H9BrFNO3/c15-10-3-1-2-9(6-10)7-14(18)12-8-11(16)4-5-13(12)17(19)20/h1-6,8H,7H2. The van der Waals surface area contributed by atoms with Crippen LogP contribution in [0.15, 0.2) is 46.9 Å². The van der Waals surface area contributed by atoms with Crippen molar-refractivity contribution in [2.75, 3.05) is 0 Å². The van der Waals surface area contributed by atoms with Crippen molar-refractivity contribution < 1.29 is 14.1 Å². The number of carbonyl (C=O) groups is 1. The lowest BCUT2D eigenvalue weighted by molar-refractivity contribution is -0.385. The molecule has 0 aliphatic carbocycles. The van der Waals surface area contributed by atoms with E-state index in [1.165, 1.54) is 0 Å². The van der Waals surface area contributed by atoms with E-state index in [-0.39, 0.29) is 17.7 Å². The van der Waals surface area contributed by atoms with Crippen molar-refractivity contribution in [1.82, 2.24) is 0 Å². The lowest BCUT2D eigenvalue weighted by Crippen LogP contribution is -2.07. The van der Waals surface area contributed by atoms with Gasteiger partial charge >= 0.3 is 0 Å². The van der Waals surface area contributed by atoms with Crippen molar-refractivity contribution in [3.8, 4) is 0 Å². The van der Waals surface area contributed by atoms with Gasteiger partial charge in [0, 0.05) is 17.0 Å². The topological polar surface area (TPSA) is 60.2 Å². The van der Waals surface area contributed by atoms with Gasteiger partial charge in [0.15, 0.2) is 5.78 Å². The van der Waals surface area contributed by atoms with Crippen molar-refractivity contribution in [2.24, 2.45) is 0 Å². The van der Waals surface area contributed by atoms with Gasteiger partial charge in [-0.1, -0.05) is 28.1 Å². The molecular weight excluding hydrogens is 329 g/mol. The summed E-state index contributed by atoms with van der Waals surface area (Å²) in [6.45, 7) is 0. The van der Waals surface area contributed by atoms with Crippen molar-refractivity contribution in [3.63, 3.8) is 0 Å². The SMILES string of the molecule is O=C(Cc1cccc(Br)c1)c1cc(F)ccc1[N+](=O)[O-]. The van der Waals surface area contributed by atoms with Crippen LogP contribution in [0.25, 0.3) is 0 Å². The van der Waals surface area contributed by atoms with E-state index in [4.69, 9.17) is 0 Å². The first-order valence-electron chi connectivity index (χ1n) is 5.69. The zero-order valence-corrected chi connectivity index (χ0v) is 11.8. The minimum Gasteiger partial charge on any atom is -0.294 e. The smallest absolute Gasteiger partial charge is 0.280 e. The van der Waals surface area contributed by atoms with Crippen LogP contribution in [0.4, 0.5) is 10.1 Å². The van der Waals surface area contributed by atoms with Crippen molar-refractivity contribution in [3.05, 3.63) is 74.0 Å². The summed E-state index contributed by atoms with van der Waals surface area (Å²) in [7, 11) is 0. The molecule has 0 spiro atoms. The zero-order valence-electron chi connectivity index (χ0n) is 10.2. The average Bonchev–Trinajstić information content (AvgIpc) is 2.38. The number of rotatable bonds is 4. The molecule has 2 aromatic rings. The first kappa shape index (κ1) is 14.3. The first-order valence-corrected chi connectivity index (χ1v) is 6.48. The summed E-state index contributed by atoms with van der Waals surface area (Å²) in [5.41, 5.74) is 0.101. The van der Waals surface area contributed by atoms with Crippen LogP contribution < -0.4 is 0 Å². The number of ketones is 1. The van der Waals surface area contributed by atoms with E-state index in [0.29, 0.717) is 5.56 Å². The highest BCUT2D eigenvalue weighted by Crippen LogP contribution is 2.22. The van der Waals surface area contributed by atoms with Crippen LogP contribution in [0.1, 0.15) is 15.9 Å². The fourth-order valence-electron chi connectivity index (χ4n) is 1.82. The predicted octanol–water partition coefficient (Wildman–Crippen LogP) is 3.92. The maximum Gasteiger partial charge on any atom is 0.280 e. The van der Waals surface area contributed by atoms with Crippen LogP contribution in [-0.2, 0) is 6.42 Å². The highest BCUT2D eigenvalue weighted by Gasteiger charge is 2.20. The molecule has 0 unspecified atom stereocenters. The minimum absolute atomic E-state index is 0.0241. The lowest BCUT2D eigenvalue weighted by Gasteiger charge is -2.04. The summed E-state index contributed by atoms with van der Waals surface area (Å²) in [4.78, 5) is 22.3. The highest BCUT2D eigenvalue weighted by atomic mass is 79.9. The van der Waals surface area contributed by atoms with Gasteiger partial charge in [0.05, 0.1) is 10.5 Å². The summed E-state index contributed by atoms with van der Waals surface area (Å²) in [5, 5.41) is 10.9. The molecule has 0 saturated heterocycles. The van der Waals surface area contributed by atoms with Crippen molar-refractivity contribution in [1.29, 1.82) is 0 Å². The van der Waals surface area contributed by atoms with Gasteiger partial charge in [-0.3, -0.25) is 14.9 Å². The summed E-state index contributed by atoms with van der Waals surface area (Å²) in [5.74, 6) is -1.16. The molecule has 20 heavy (non-hydrogen) atoms. The van der Waals surface area contributed by atoms with E-state index in [9.17, 15) is 19.3 Å². The van der Waals surface area contributed by atoms with Gasteiger partial charge in [0.1, 0.15) is 5.82 Å². The third-order valence-electron chi connectivity index (χ3n) is 2.71. The Kier molecular flexibility index (Phi) is 4.24.